The van der Waals surface area contributed by atoms with Gasteiger partial charge in [-0.25, -0.2) is 0 Å². The van der Waals surface area contributed by atoms with Gasteiger partial charge in [0.2, 0.25) is 0 Å². The maximum Gasteiger partial charge on any atom is 0.0471 e. The molecule has 0 aromatic rings. The molecule has 3 heteroatoms. The van der Waals surface area contributed by atoms with Crippen molar-refractivity contribution in [2.24, 2.45) is 5.41 Å². The fourth-order valence-corrected chi connectivity index (χ4v) is 1.98. The SMILES string of the molecule is CCC(C)NCCNCC1(C)CCOCC1. The molecular formula is C13H28N2O. The van der Waals surface area contributed by atoms with E-state index in [4.69, 9.17) is 4.74 Å². The second kappa shape index (κ2) is 7.25. The van der Waals surface area contributed by atoms with Gasteiger partial charge in [-0.2, -0.15) is 0 Å². The Morgan fingerprint density at radius 2 is 1.94 bits per heavy atom. The van der Waals surface area contributed by atoms with Crippen molar-refractivity contribution in [1.29, 1.82) is 0 Å². The highest BCUT2D eigenvalue weighted by molar-refractivity contribution is 4.79. The summed E-state index contributed by atoms with van der Waals surface area (Å²) >= 11 is 0. The Morgan fingerprint density at radius 3 is 2.56 bits per heavy atom. The maximum atomic E-state index is 5.40. The van der Waals surface area contributed by atoms with Crippen LogP contribution in [0, 0.1) is 5.41 Å². The van der Waals surface area contributed by atoms with Gasteiger partial charge in [-0.3, -0.25) is 0 Å². The highest BCUT2D eigenvalue weighted by Gasteiger charge is 2.26. The summed E-state index contributed by atoms with van der Waals surface area (Å²) in [5.41, 5.74) is 0.453. The summed E-state index contributed by atoms with van der Waals surface area (Å²) in [6.07, 6.45) is 3.59. The van der Waals surface area contributed by atoms with E-state index in [1.807, 2.05) is 0 Å². The number of rotatable bonds is 7. The molecule has 3 nitrogen and oxygen atoms in total. The Bertz CT molecular complexity index is 179. The van der Waals surface area contributed by atoms with Crippen LogP contribution in [0.5, 0.6) is 0 Å². The molecule has 0 bridgehead atoms. The normalized spacial score (nSPS) is 21.9. The van der Waals surface area contributed by atoms with E-state index in [2.05, 4.69) is 31.4 Å². The molecule has 1 saturated heterocycles. The van der Waals surface area contributed by atoms with Gasteiger partial charge < -0.3 is 15.4 Å². The molecule has 0 aromatic carbocycles. The van der Waals surface area contributed by atoms with E-state index in [-0.39, 0.29) is 0 Å². The molecule has 1 unspecified atom stereocenters. The predicted molar refractivity (Wildman–Crippen MR) is 68.8 cm³/mol. The highest BCUT2D eigenvalue weighted by Crippen LogP contribution is 2.28. The van der Waals surface area contributed by atoms with Crippen LogP contribution in [0.1, 0.15) is 40.0 Å². The molecule has 0 saturated carbocycles. The average Bonchev–Trinajstić information content (AvgIpc) is 2.29. The minimum atomic E-state index is 0.453. The van der Waals surface area contributed by atoms with E-state index < -0.39 is 0 Å². The van der Waals surface area contributed by atoms with Crippen LogP contribution in [-0.4, -0.2) is 38.9 Å². The summed E-state index contributed by atoms with van der Waals surface area (Å²) in [4.78, 5) is 0. The van der Waals surface area contributed by atoms with E-state index in [9.17, 15) is 0 Å². The number of ether oxygens (including phenoxy) is 1. The summed E-state index contributed by atoms with van der Waals surface area (Å²) in [7, 11) is 0. The summed E-state index contributed by atoms with van der Waals surface area (Å²) in [5.74, 6) is 0. The fourth-order valence-electron chi connectivity index (χ4n) is 1.98. The number of nitrogens with one attached hydrogen (secondary N) is 2. The van der Waals surface area contributed by atoms with Crippen molar-refractivity contribution in [1.82, 2.24) is 10.6 Å². The van der Waals surface area contributed by atoms with E-state index in [0.717, 1.165) is 32.8 Å². The first-order valence-corrected chi connectivity index (χ1v) is 6.68. The van der Waals surface area contributed by atoms with E-state index >= 15 is 0 Å². The van der Waals surface area contributed by atoms with Crippen molar-refractivity contribution in [2.45, 2.75) is 46.1 Å². The van der Waals surface area contributed by atoms with Crippen molar-refractivity contribution < 1.29 is 4.74 Å². The second-order valence-corrected chi connectivity index (χ2v) is 5.36. The van der Waals surface area contributed by atoms with Crippen molar-refractivity contribution in [3.05, 3.63) is 0 Å². The Morgan fingerprint density at radius 1 is 1.25 bits per heavy atom. The first kappa shape index (κ1) is 13.9. The van der Waals surface area contributed by atoms with Crippen LogP contribution in [0.15, 0.2) is 0 Å². The molecule has 1 atom stereocenters. The molecule has 1 heterocycles. The smallest absolute Gasteiger partial charge is 0.0471 e. The molecule has 2 N–H and O–H groups in total. The minimum absolute atomic E-state index is 0.453. The minimum Gasteiger partial charge on any atom is -0.381 e. The van der Waals surface area contributed by atoms with Crippen LogP contribution < -0.4 is 10.6 Å². The molecule has 0 amide bonds. The van der Waals surface area contributed by atoms with Crippen molar-refractivity contribution in [3.8, 4) is 0 Å². The number of hydrogen-bond acceptors (Lipinski definition) is 3. The van der Waals surface area contributed by atoms with E-state index in [1.165, 1.54) is 19.3 Å². The van der Waals surface area contributed by atoms with Crippen LogP contribution in [0.25, 0.3) is 0 Å². The maximum absolute atomic E-state index is 5.40. The standard InChI is InChI=1S/C13H28N2O/c1-4-12(2)15-8-7-14-11-13(3)5-9-16-10-6-13/h12,14-15H,4-11H2,1-3H3. The third-order valence-electron chi connectivity index (χ3n) is 3.66. The molecule has 16 heavy (non-hydrogen) atoms. The largest absolute Gasteiger partial charge is 0.381 e. The molecule has 1 fully saturated rings. The van der Waals surface area contributed by atoms with Gasteiger partial charge in [-0.15, -0.1) is 0 Å². The average molecular weight is 228 g/mol. The summed E-state index contributed by atoms with van der Waals surface area (Å²) in [6.45, 7) is 12.0. The molecule has 1 aliphatic rings. The van der Waals surface area contributed by atoms with Gasteiger partial charge in [0.1, 0.15) is 0 Å². The lowest BCUT2D eigenvalue weighted by Gasteiger charge is -2.33. The highest BCUT2D eigenvalue weighted by atomic mass is 16.5. The molecule has 0 aromatic heterocycles. The molecule has 0 radical (unpaired) electrons. The Labute approximate surface area is 100 Å². The predicted octanol–water partition coefficient (Wildman–Crippen LogP) is 1.78. The molecule has 1 aliphatic heterocycles. The molecule has 96 valence electrons. The quantitative estimate of drug-likeness (QED) is 0.652. The van der Waals surface area contributed by atoms with Crippen LogP contribution in [-0.2, 0) is 4.74 Å². The van der Waals surface area contributed by atoms with Crippen LogP contribution in [0.3, 0.4) is 0 Å². The lowest BCUT2D eigenvalue weighted by atomic mass is 9.82. The Hall–Kier alpha value is -0.120. The van der Waals surface area contributed by atoms with Gasteiger partial charge in [0.05, 0.1) is 0 Å². The molecule has 0 aliphatic carbocycles. The first-order chi connectivity index (χ1) is 7.66. The second-order valence-electron chi connectivity index (χ2n) is 5.36. The van der Waals surface area contributed by atoms with Gasteiger partial charge in [0, 0.05) is 38.9 Å². The lowest BCUT2D eigenvalue weighted by molar-refractivity contribution is 0.0242. The van der Waals surface area contributed by atoms with Crippen LogP contribution in [0.4, 0.5) is 0 Å². The molecular weight excluding hydrogens is 200 g/mol. The van der Waals surface area contributed by atoms with Crippen LogP contribution >= 0.6 is 0 Å². The number of hydrogen-bond donors (Lipinski definition) is 2. The summed E-state index contributed by atoms with van der Waals surface area (Å²) < 4.78 is 5.40. The summed E-state index contributed by atoms with van der Waals surface area (Å²) in [6, 6.07) is 0.639. The monoisotopic (exact) mass is 228 g/mol. The van der Waals surface area contributed by atoms with Crippen molar-refractivity contribution in [2.75, 3.05) is 32.8 Å². The van der Waals surface area contributed by atoms with Gasteiger partial charge in [0.25, 0.3) is 0 Å². The third kappa shape index (κ3) is 5.28. The van der Waals surface area contributed by atoms with E-state index in [1.54, 1.807) is 0 Å². The topological polar surface area (TPSA) is 33.3 Å². The zero-order valence-corrected chi connectivity index (χ0v) is 11.1. The molecule has 0 spiro atoms. The Balaban J connectivity index is 2.01. The van der Waals surface area contributed by atoms with Crippen molar-refractivity contribution in [3.63, 3.8) is 0 Å². The van der Waals surface area contributed by atoms with Gasteiger partial charge in [-0.1, -0.05) is 13.8 Å². The van der Waals surface area contributed by atoms with Gasteiger partial charge in [-0.05, 0) is 31.6 Å². The molecule has 1 rings (SSSR count). The lowest BCUT2D eigenvalue weighted by Crippen LogP contribution is -2.40. The first-order valence-electron chi connectivity index (χ1n) is 6.68. The third-order valence-corrected chi connectivity index (χ3v) is 3.66. The van der Waals surface area contributed by atoms with Crippen molar-refractivity contribution >= 4 is 0 Å². The van der Waals surface area contributed by atoms with Gasteiger partial charge >= 0.3 is 0 Å². The zero-order chi connectivity index (χ0) is 11.9. The van der Waals surface area contributed by atoms with Gasteiger partial charge in [0.15, 0.2) is 0 Å². The Kier molecular flexibility index (Phi) is 6.32. The summed E-state index contributed by atoms with van der Waals surface area (Å²) in [5, 5.41) is 7.05. The van der Waals surface area contributed by atoms with Crippen LogP contribution in [0.2, 0.25) is 0 Å². The zero-order valence-electron chi connectivity index (χ0n) is 11.1. The fraction of sp³-hybridized carbons (Fsp3) is 1.00. The van der Waals surface area contributed by atoms with E-state index in [0.29, 0.717) is 11.5 Å².